The molecule has 0 saturated heterocycles. The molecule has 0 aliphatic heterocycles. The van der Waals surface area contributed by atoms with Gasteiger partial charge in [-0.2, -0.15) is 0 Å². The van der Waals surface area contributed by atoms with Gasteiger partial charge in [-0.3, -0.25) is 0 Å². The van der Waals surface area contributed by atoms with Crippen molar-refractivity contribution in [1.82, 2.24) is 4.57 Å². The number of aromatic nitrogens is 1. The lowest BCUT2D eigenvalue weighted by molar-refractivity contribution is 0.590. The highest BCUT2D eigenvalue weighted by Crippen LogP contribution is 2.42. The van der Waals surface area contributed by atoms with E-state index in [1.807, 2.05) is 0 Å². The molecule has 0 spiro atoms. The summed E-state index contributed by atoms with van der Waals surface area (Å²) in [5.41, 5.74) is 5.61. The van der Waals surface area contributed by atoms with E-state index in [0.29, 0.717) is 0 Å². The molecule has 0 fully saturated rings. The minimum atomic E-state index is 0.118. The summed E-state index contributed by atoms with van der Waals surface area (Å²) in [6.45, 7) is 17.0. The Hall–Kier alpha value is -0.800. The summed E-state index contributed by atoms with van der Waals surface area (Å²) in [5.74, 6) is 0. The van der Waals surface area contributed by atoms with E-state index < -0.39 is 0 Å². The number of unbranched alkanes of at least 4 members (excludes halogenated alkanes) is 1. The summed E-state index contributed by atoms with van der Waals surface area (Å²) in [6.07, 6.45) is 2.37. The van der Waals surface area contributed by atoms with Gasteiger partial charge in [0.1, 0.15) is 0 Å². The van der Waals surface area contributed by atoms with Crippen molar-refractivity contribution in [3.8, 4) is 0 Å². The zero-order valence-corrected chi connectivity index (χ0v) is 20.8. The van der Waals surface area contributed by atoms with Gasteiger partial charge < -0.3 is 4.57 Å². The van der Waals surface area contributed by atoms with Crippen LogP contribution in [0.25, 0.3) is 21.8 Å². The molecule has 0 radical (unpaired) electrons. The average molecular weight is 493 g/mol. The number of halogens is 2. The molecule has 1 aromatic heterocycles. The van der Waals surface area contributed by atoms with Crippen molar-refractivity contribution in [3.05, 3.63) is 44.3 Å². The normalized spacial score (nSPS) is 13.1. The lowest BCUT2D eigenvalue weighted by atomic mass is 9.85. The molecular weight excluding hydrogens is 462 g/mol. The zero-order valence-electron chi connectivity index (χ0n) is 17.6. The SMILES string of the molecule is CCCCn1c2c(Br)cc(C(C)(C)C)cc2c2cc(C(C)(C)C)cc(Br)c21. The van der Waals surface area contributed by atoms with Gasteiger partial charge in [-0.25, -0.2) is 0 Å². The standard InChI is InChI=1S/C24H31Br2N/c1-8-9-10-27-21-17(11-15(13-19(21)25)23(2,3)4)18-12-16(24(5,6)7)14-20(26)22(18)27/h11-14H,8-10H2,1-7H3. The van der Waals surface area contributed by atoms with Gasteiger partial charge in [0.25, 0.3) is 0 Å². The highest BCUT2D eigenvalue weighted by atomic mass is 79.9. The van der Waals surface area contributed by atoms with Gasteiger partial charge in [-0.1, -0.05) is 54.9 Å². The number of benzene rings is 2. The molecule has 0 aliphatic carbocycles. The molecule has 2 aromatic carbocycles. The van der Waals surface area contributed by atoms with Crippen LogP contribution in [0.15, 0.2) is 33.2 Å². The lowest BCUT2D eigenvalue weighted by Gasteiger charge is -2.20. The van der Waals surface area contributed by atoms with Gasteiger partial charge >= 0.3 is 0 Å². The smallest absolute Gasteiger partial charge is 0.0636 e. The Balaban J connectivity index is 2.48. The Morgan fingerprint density at radius 2 is 1.15 bits per heavy atom. The summed E-state index contributed by atoms with van der Waals surface area (Å²) >= 11 is 7.82. The summed E-state index contributed by atoms with van der Waals surface area (Å²) in [7, 11) is 0. The van der Waals surface area contributed by atoms with E-state index in [9.17, 15) is 0 Å². The summed E-state index contributed by atoms with van der Waals surface area (Å²) in [5, 5.41) is 2.71. The van der Waals surface area contributed by atoms with E-state index in [1.165, 1.54) is 54.7 Å². The first-order chi connectivity index (χ1) is 12.4. The van der Waals surface area contributed by atoms with Gasteiger partial charge in [0.2, 0.25) is 0 Å². The molecule has 3 heteroatoms. The first-order valence-electron chi connectivity index (χ1n) is 9.91. The summed E-state index contributed by atoms with van der Waals surface area (Å²) < 4.78 is 4.89. The van der Waals surface area contributed by atoms with Gasteiger partial charge in [-0.05, 0) is 84.5 Å². The van der Waals surface area contributed by atoms with Crippen LogP contribution in [0.3, 0.4) is 0 Å². The molecule has 27 heavy (non-hydrogen) atoms. The molecule has 0 amide bonds. The molecular formula is C24H31Br2N. The number of hydrogen-bond donors (Lipinski definition) is 0. The Bertz CT molecular complexity index is 920. The molecule has 0 saturated carbocycles. The Morgan fingerprint density at radius 3 is 1.48 bits per heavy atom. The van der Waals surface area contributed by atoms with Crippen LogP contribution in [-0.4, -0.2) is 4.57 Å². The predicted octanol–water partition coefficient (Wildman–Crippen LogP) is 8.71. The van der Waals surface area contributed by atoms with Crippen LogP contribution in [0.5, 0.6) is 0 Å². The predicted molar refractivity (Wildman–Crippen MR) is 127 cm³/mol. The third-order valence-electron chi connectivity index (χ3n) is 5.42. The van der Waals surface area contributed by atoms with E-state index in [0.717, 1.165) is 6.54 Å². The molecule has 0 atom stereocenters. The molecule has 1 heterocycles. The lowest BCUT2D eigenvalue weighted by Crippen LogP contribution is -2.11. The number of rotatable bonds is 3. The van der Waals surface area contributed by atoms with Crippen molar-refractivity contribution in [2.75, 3.05) is 0 Å². The van der Waals surface area contributed by atoms with Crippen molar-refractivity contribution in [2.24, 2.45) is 0 Å². The Kier molecular flexibility index (Phi) is 5.60. The number of fused-ring (bicyclic) bond motifs is 3. The molecule has 3 aromatic rings. The summed E-state index contributed by atoms with van der Waals surface area (Å²) in [4.78, 5) is 0. The third kappa shape index (κ3) is 3.87. The third-order valence-corrected chi connectivity index (χ3v) is 6.63. The zero-order chi connectivity index (χ0) is 20.1. The van der Waals surface area contributed by atoms with Crippen molar-refractivity contribution in [1.29, 1.82) is 0 Å². The van der Waals surface area contributed by atoms with Crippen molar-refractivity contribution >= 4 is 53.7 Å². The molecule has 0 unspecified atom stereocenters. The summed E-state index contributed by atoms with van der Waals surface area (Å²) in [6, 6.07) is 9.43. The van der Waals surface area contributed by atoms with Gasteiger partial charge in [0.15, 0.2) is 0 Å². The molecule has 146 valence electrons. The van der Waals surface area contributed by atoms with Gasteiger partial charge in [0.05, 0.1) is 11.0 Å². The van der Waals surface area contributed by atoms with Crippen LogP contribution in [0.4, 0.5) is 0 Å². The highest BCUT2D eigenvalue weighted by molar-refractivity contribution is 9.11. The van der Waals surface area contributed by atoms with Crippen LogP contribution in [-0.2, 0) is 17.4 Å². The topological polar surface area (TPSA) is 4.93 Å². The Labute approximate surface area is 180 Å². The molecule has 0 bridgehead atoms. The highest BCUT2D eigenvalue weighted by Gasteiger charge is 2.23. The maximum Gasteiger partial charge on any atom is 0.0636 e. The van der Waals surface area contributed by atoms with Crippen LogP contribution >= 0.6 is 31.9 Å². The van der Waals surface area contributed by atoms with Crippen molar-refractivity contribution < 1.29 is 0 Å². The van der Waals surface area contributed by atoms with Crippen molar-refractivity contribution in [2.45, 2.75) is 78.7 Å². The number of nitrogens with zero attached hydrogens (tertiary/aromatic N) is 1. The van der Waals surface area contributed by atoms with E-state index in [-0.39, 0.29) is 10.8 Å². The van der Waals surface area contributed by atoms with Gasteiger partial charge in [-0.15, -0.1) is 0 Å². The minimum Gasteiger partial charge on any atom is -0.339 e. The van der Waals surface area contributed by atoms with Crippen LogP contribution < -0.4 is 0 Å². The van der Waals surface area contributed by atoms with E-state index in [4.69, 9.17) is 0 Å². The Morgan fingerprint density at radius 1 is 0.741 bits per heavy atom. The van der Waals surface area contributed by atoms with Crippen molar-refractivity contribution in [3.63, 3.8) is 0 Å². The fourth-order valence-corrected chi connectivity index (χ4v) is 5.02. The van der Waals surface area contributed by atoms with E-state index >= 15 is 0 Å². The van der Waals surface area contributed by atoms with Crippen LogP contribution in [0.1, 0.15) is 72.4 Å². The monoisotopic (exact) mass is 491 g/mol. The molecule has 3 rings (SSSR count). The van der Waals surface area contributed by atoms with Gasteiger partial charge in [0, 0.05) is 26.3 Å². The maximum atomic E-state index is 3.91. The van der Waals surface area contributed by atoms with E-state index in [1.54, 1.807) is 0 Å². The minimum absolute atomic E-state index is 0.118. The second kappa shape index (κ2) is 7.22. The quantitative estimate of drug-likeness (QED) is 0.344. The largest absolute Gasteiger partial charge is 0.339 e. The fourth-order valence-electron chi connectivity index (χ4n) is 3.68. The maximum absolute atomic E-state index is 3.91. The molecule has 0 N–H and O–H groups in total. The average Bonchev–Trinajstić information content (AvgIpc) is 2.86. The molecule has 1 nitrogen and oxygen atoms in total. The second-order valence-corrected chi connectivity index (χ2v) is 11.4. The van der Waals surface area contributed by atoms with E-state index in [2.05, 4.69) is 109 Å². The first kappa shape index (κ1) is 20.9. The second-order valence-electron chi connectivity index (χ2n) is 9.71. The first-order valence-corrected chi connectivity index (χ1v) is 11.5. The molecule has 0 aliphatic rings. The number of hydrogen-bond acceptors (Lipinski definition) is 0. The van der Waals surface area contributed by atoms with Crippen LogP contribution in [0, 0.1) is 0 Å². The van der Waals surface area contributed by atoms with Crippen LogP contribution in [0.2, 0.25) is 0 Å². The number of aryl methyl sites for hydroxylation is 1. The fraction of sp³-hybridized carbons (Fsp3) is 0.500.